The predicted molar refractivity (Wildman–Crippen MR) is 163 cm³/mol. The van der Waals surface area contributed by atoms with E-state index in [4.69, 9.17) is 27.9 Å². The zero-order valence-electron chi connectivity index (χ0n) is 23.6. The van der Waals surface area contributed by atoms with E-state index in [1.54, 1.807) is 43.3 Å². The molecule has 41 heavy (non-hydrogen) atoms. The topological polar surface area (TPSA) is 96.0 Å². The van der Waals surface area contributed by atoms with Crippen molar-refractivity contribution < 1.29 is 22.7 Å². The molecule has 0 unspecified atom stereocenters. The number of benzene rings is 3. The highest BCUT2D eigenvalue weighted by Crippen LogP contribution is 2.32. The molecule has 3 aromatic carbocycles. The Kier molecular flexibility index (Phi) is 11.5. The second kappa shape index (κ2) is 14.6. The standard InChI is InChI=1S/C30H35Cl2N3O5S/c1-5-17-33-30(37)27(6-2)34(19-22-9-7-8-10-25(22)31)29(36)20-35(23-13-16-28(40-4)26(32)18-23)41(38,39)24-14-11-21(3)12-15-24/h7-16,18,27H,5-6,17,19-20H2,1-4H3,(H,33,37)/t27-/m0/s1. The van der Waals surface area contributed by atoms with E-state index in [1.165, 1.54) is 42.3 Å². The third-order valence-corrected chi connectivity index (χ3v) is 9.00. The van der Waals surface area contributed by atoms with Gasteiger partial charge in [0.15, 0.2) is 0 Å². The molecule has 220 valence electrons. The zero-order valence-corrected chi connectivity index (χ0v) is 25.9. The van der Waals surface area contributed by atoms with Crippen LogP contribution >= 0.6 is 23.2 Å². The molecule has 1 N–H and O–H groups in total. The summed E-state index contributed by atoms with van der Waals surface area (Å²) in [4.78, 5) is 28.7. The predicted octanol–water partition coefficient (Wildman–Crippen LogP) is 5.84. The lowest BCUT2D eigenvalue weighted by atomic mass is 10.1. The minimum atomic E-state index is -4.22. The van der Waals surface area contributed by atoms with Gasteiger partial charge in [-0.2, -0.15) is 0 Å². The molecule has 0 aliphatic heterocycles. The number of methoxy groups -OCH3 is 1. The third kappa shape index (κ3) is 7.93. The highest BCUT2D eigenvalue weighted by atomic mass is 35.5. The van der Waals surface area contributed by atoms with Gasteiger partial charge in [0.05, 0.1) is 22.7 Å². The number of ether oxygens (including phenoxy) is 1. The Bertz CT molecular complexity index is 1470. The summed E-state index contributed by atoms with van der Waals surface area (Å²) in [6.45, 7) is 5.46. The number of anilines is 1. The van der Waals surface area contributed by atoms with Gasteiger partial charge in [0.1, 0.15) is 18.3 Å². The molecule has 11 heteroatoms. The fourth-order valence-electron chi connectivity index (χ4n) is 4.27. The maximum absolute atomic E-state index is 14.1. The van der Waals surface area contributed by atoms with Gasteiger partial charge in [-0.25, -0.2) is 8.42 Å². The van der Waals surface area contributed by atoms with Gasteiger partial charge in [-0.1, -0.05) is 72.9 Å². The summed E-state index contributed by atoms with van der Waals surface area (Å²) in [7, 11) is -2.77. The molecule has 0 radical (unpaired) electrons. The minimum Gasteiger partial charge on any atom is -0.495 e. The Balaban J connectivity index is 2.10. The van der Waals surface area contributed by atoms with Crippen LogP contribution in [0.2, 0.25) is 10.0 Å². The van der Waals surface area contributed by atoms with E-state index in [-0.39, 0.29) is 28.1 Å². The molecule has 1 atom stereocenters. The second-order valence-corrected chi connectivity index (χ2v) is 12.1. The molecular weight excluding hydrogens is 585 g/mol. The number of sulfonamides is 1. The van der Waals surface area contributed by atoms with Crippen molar-refractivity contribution >= 4 is 50.7 Å². The Hall–Kier alpha value is -3.27. The number of hydrogen-bond donors (Lipinski definition) is 1. The van der Waals surface area contributed by atoms with Crippen molar-refractivity contribution in [1.29, 1.82) is 0 Å². The molecule has 0 heterocycles. The van der Waals surface area contributed by atoms with Gasteiger partial charge >= 0.3 is 0 Å². The van der Waals surface area contributed by atoms with E-state index in [0.29, 0.717) is 29.3 Å². The Morgan fingerprint density at radius 2 is 1.66 bits per heavy atom. The number of hydrogen-bond acceptors (Lipinski definition) is 5. The van der Waals surface area contributed by atoms with Gasteiger partial charge in [-0.3, -0.25) is 13.9 Å². The van der Waals surface area contributed by atoms with E-state index >= 15 is 0 Å². The van der Waals surface area contributed by atoms with Crippen molar-refractivity contribution in [2.75, 3.05) is 24.5 Å². The van der Waals surface area contributed by atoms with E-state index in [0.717, 1.165) is 16.3 Å². The summed E-state index contributed by atoms with van der Waals surface area (Å²) in [6, 6.07) is 17.0. The van der Waals surface area contributed by atoms with E-state index in [1.807, 2.05) is 13.8 Å². The Labute approximate surface area is 252 Å². The van der Waals surface area contributed by atoms with Crippen LogP contribution < -0.4 is 14.4 Å². The molecule has 0 fully saturated rings. The van der Waals surface area contributed by atoms with Crippen molar-refractivity contribution in [3.63, 3.8) is 0 Å². The van der Waals surface area contributed by atoms with Gasteiger partial charge < -0.3 is 15.0 Å². The lowest BCUT2D eigenvalue weighted by molar-refractivity contribution is -0.140. The lowest BCUT2D eigenvalue weighted by Gasteiger charge is -2.33. The van der Waals surface area contributed by atoms with Gasteiger partial charge in [0.2, 0.25) is 11.8 Å². The quantitative estimate of drug-likeness (QED) is 0.259. The Morgan fingerprint density at radius 1 is 0.976 bits per heavy atom. The van der Waals surface area contributed by atoms with Gasteiger partial charge in [-0.05, 0) is 61.7 Å². The van der Waals surface area contributed by atoms with Crippen LogP contribution in [0.15, 0.2) is 71.6 Å². The smallest absolute Gasteiger partial charge is 0.264 e. The number of amides is 2. The summed E-state index contributed by atoms with van der Waals surface area (Å²) in [5.74, 6) is -0.547. The number of nitrogens with one attached hydrogen (secondary N) is 1. The van der Waals surface area contributed by atoms with Gasteiger partial charge in [0, 0.05) is 18.1 Å². The van der Waals surface area contributed by atoms with Crippen LogP contribution in [0.25, 0.3) is 0 Å². The number of rotatable bonds is 13. The number of nitrogens with zero attached hydrogens (tertiary/aromatic N) is 2. The van der Waals surface area contributed by atoms with E-state index in [9.17, 15) is 18.0 Å². The average molecular weight is 621 g/mol. The van der Waals surface area contributed by atoms with Crippen molar-refractivity contribution in [2.45, 2.75) is 51.1 Å². The number of carbonyl (C=O) groups excluding carboxylic acids is 2. The third-order valence-electron chi connectivity index (χ3n) is 6.54. The lowest BCUT2D eigenvalue weighted by Crippen LogP contribution is -2.52. The summed E-state index contributed by atoms with van der Waals surface area (Å²) in [5.41, 5.74) is 1.68. The fraction of sp³-hybridized carbons (Fsp3) is 0.333. The first-order valence-electron chi connectivity index (χ1n) is 13.3. The molecule has 0 aliphatic carbocycles. The summed E-state index contributed by atoms with van der Waals surface area (Å²) in [6.07, 6.45) is 1.03. The molecular formula is C30H35Cl2N3O5S. The highest BCUT2D eigenvalue weighted by molar-refractivity contribution is 7.92. The fourth-order valence-corrected chi connectivity index (χ4v) is 6.13. The number of aryl methyl sites for hydroxylation is 1. The Morgan fingerprint density at radius 3 is 2.24 bits per heavy atom. The van der Waals surface area contributed by atoms with Crippen LogP contribution in [0.1, 0.15) is 37.8 Å². The maximum atomic E-state index is 14.1. The second-order valence-electron chi connectivity index (χ2n) is 9.47. The van der Waals surface area contributed by atoms with Crippen LogP contribution in [-0.4, -0.2) is 51.4 Å². The molecule has 3 aromatic rings. The van der Waals surface area contributed by atoms with E-state index in [2.05, 4.69) is 5.32 Å². The van der Waals surface area contributed by atoms with Crippen LogP contribution in [0.5, 0.6) is 5.75 Å². The van der Waals surface area contributed by atoms with Crippen molar-refractivity contribution in [3.05, 3.63) is 87.9 Å². The minimum absolute atomic E-state index is 0.00762. The average Bonchev–Trinajstić information content (AvgIpc) is 2.95. The summed E-state index contributed by atoms with van der Waals surface area (Å²) in [5, 5.41) is 3.47. The maximum Gasteiger partial charge on any atom is 0.264 e. The van der Waals surface area contributed by atoms with Gasteiger partial charge in [0.25, 0.3) is 10.0 Å². The van der Waals surface area contributed by atoms with Crippen LogP contribution in [0.4, 0.5) is 5.69 Å². The summed E-state index contributed by atoms with van der Waals surface area (Å²) < 4.78 is 34.2. The molecule has 0 saturated carbocycles. The van der Waals surface area contributed by atoms with Gasteiger partial charge in [-0.15, -0.1) is 0 Å². The van der Waals surface area contributed by atoms with Crippen molar-refractivity contribution in [3.8, 4) is 5.75 Å². The van der Waals surface area contributed by atoms with Crippen molar-refractivity contribution in [1.82, 2.24) is 10.2 Å². The van der Waals surface area contributed by atoms with E-state index < -0.39 is 28.5 Å². The first kappa shape index (κ1) is 32.2. The highest BCUT2D eigenvalue weighted by Gasteiger charge is 2.34. The SMILES string of the molecule is CCCNC(=O)[C@H](CC)N(Cc1ccccc1Cl)C(=O)CN(c1ccc(OC)c(Cl)c1)S(=O)(=O)c1ccc(C)cc1. The largest absolute Gasteiger partial charge is 0.495 e. The number of carbonyl (C=O) groups is 2. The zero-order chi connectivity index (χ0) is 30.2. The molecule has 0 aromatic heterocycles. The first-order chi connectivity index (χ1) is 19.5. The van der Waals surface area contributed by atoms with Crippen LogP contribution in [0, 0.1) is 6.92 Å². The normalized spacial score (nSPS) is 12.0. The van der Waals surface area contributed by atoms with Crippen LogP contribution in [-0.2, 0) is 26.2 Å². The molecule has 0 bridgehead atoms. The number of halogens is 2. The molecule has 0 saturated heterocycles. The molecule has 2 amide bonds. The molecule has 0 spiro atoms. The van der Waals surface area contributed by atoms with Crippen LogP contribution in [0.3, 0.4) is 0 Å². The molecule has 3 rings (SSSR count). The molecule has 0 aliphatic rings. The summed E-state index contributed by atoms with van der Waals surface area (Å²) >= 11 is 12.8. The first-order valence-corrected chi connectivity index (χ1v) is 15.5. The van der Waals surface area contributed by atoms with Crippen molar-refractivity contribution in [2.24, 2.45) is 0 Å². The monoisotopic (exact) mass is 619 g/mol. The molecule has 8 nitrogen and oxygen atoms in total.